The number of aliphatic carboxylic acids is 1. The molecule has 1 aliphatic heterocycles. The van der Waals surface area contributed by atoms with Gasteiger partial charge in [0, 0.05) is 5.69 Å². The quantitative estimate of drug-likeness (QED) is 0.498. The molecule has 0 aliphatic carbocycles. The fraction of sp³-hybridized carbons (Fsp3) is 0.100. The first kappa shape index (κ1) is 11.3. The number of carboxylic acids is 1. The van der Waals surface area contributed by atoms with Crippen LogP contribution in [0.2, 0.25) is 0 Å². The summed E-state index contributed by atoms with van der Waals surface area (Å²) in [6.45, 7) is 0. The van der Waals surface area contributed by atoms with Gasteiger partial charge in [0.25, 0.3) is 0 Å². The van der Waals surface area contributed by atoms with Gasteiger partial charge in [-0.15, -0.1) is 0 Å². The molecule has 66 valence electrons. The number of rotatable bonds is 1. The number of anilines is 1. The van der Waals surface area contributed by atoms with Gasteiger partial charge < -0.3 is 15.2 Å². The van der Waals surface area contributed by atoms with E-state index in [1.165, 1.54) is 0 Å². The van der Waals surface area contributed by atoms with E-state index in [1.54, 1.807) is 6.08 Å². The fourth-order valence-electron chi connectivity index (χ4n) is 1.36. The molecular weight excluding hydrogens is 189 g/mol. The summed E-state index contributed by atoms with van der Waals surface area (Å²) in [6, 6.07) is 7.61. The van der Waals surface area contributed by atoms with Crippen LogP contribution in [0.1, 0.15) is 5.56 Å². The van der Waals surface area contributed by atoms with E-state index < -0.39 is 5.97 Å². The van der Waals surface area contributed by atoms with Crippen LogP contribution in [-0.4, -0.2) is 5.97 Å². The zero-order valence-electron chi connectivity index (χ0n) is 7.91. The molecule has 0 bridgehead atoms. The predicted octanol–water partition coefficient (Wildman–Crippen LogP) is -2.71. The van der Waals surface area contributed by atoms with Crippen molar-refractivity contribution in [2.24, 2.45) is 0 Å². The van der Waals surface area contributed by atoms with Crippen molar-refractivity contribution >= 4 is 11.7 Å². The van der Waals surface area contributed by atoms with Crippen LogP contribution in [0.5, 0.6) is 0 Å². The first-order valence-corrected chi connectivity index (χ1v) is 4.04. The molecule has 1 aromatic rings. The summed E-state index contributed by atoms with van der Waals surface area (Å²) >= 11 is 0. The second kappa shape index (κ2) is 4.64. The van der Waals surface area contributed by atoms with Crippen molar-refractivity contribution in [2.45, 2.75) is 6.42 Å². The number of carbonyl (C=O) groups is 1. The van der Waals surface area contributed by atoms with Crippen LogP contribution in [0, 0.1) is 0 Å². The third-order valence-electron chi connectivity index (χ3n) is 2.03. The molecule has 0 spiro atoms. The normalized spacial score (nSPS) is 13.0. The van der Waals surface area contributed by atoms with Crippen molar-refractivity contribution in [3.05, 3.63) is 41.6 Å². The van der Waals surface area contributed by atoms with Crippen molar-refractivity contribution in [1.29, 1.82) is 0 Å². The Kier molecular flexibility index (Phi) is 3.75. The Morgan fingerprint density at radius 3 is 2.79 bits per heavy atom. The molecule has 0 amide bonds. The van der Waals surface area contributed by atoms with E-state index in [9.17, 15) is 9.90 Å². The molecule has 0 saturated heterocycles. The molecule has 1 heterocycles. The SMILES string of the molecule is O=C([O-])C1=CCc2ccccc2N1.[Na+]. The largest absolute Gasteiger partial charge is 1.00 e. The molecule has 0 aromatic heterocycles. The zero-order valence-corrected chi connectivity index (χ0v) is 9.91. The maximum atomic E-state index is 10.5. The zero-order chi connectivity index (χ0) is 9.26. The maximum absolute atomic E-state index is 10.5. The molecule has 1 aliphatic rings. The molecular formula is C10H8NNaO2. The Balaban J connectivity index is 0.000000980. The molecule has 0 fully saturated rings. The van der Waals surface area contributed by atoms with Gasteiger partial charge >= 0.3 is 29.6 Å². The molecule has 0 radical (unpaired) electrons. The van der Waals surface area contributed by atoms with E-state index in [-0.39, 0.29) is 35.3 Å². The Morgan fingerprint density at radius 2 is 2.07 bits per heavy atom. The molecule has 3 nitrogen and oxygen atoms in total. The molecule has 0 saturated carbocycles. The average Bonchev–Trinajstić information content (AvgIpc) is 2.17. The molecule has 1 N–H and O–H groups in total. The van der Waals surface area contributed by atoms with Crippen molar-refractivity contribution in [1.82, 2.24) is 0 Å². The molecule has 0 unspecified atom stereocenters. The summed E-state index contributed by atoms with van der Waals surface area (Å²) in [5, 5.41) is 13.3. The van der Waals surface area contributed by atoms with Crippen molar-refractivity contribution in [3.8, 4) is 0 Å². The third kappa shape index (κ3) is 2.18. The summed E-state index contributed by atoms with van der Waals surface area (Å²) in [7, 11) is 0. The van der Waals surface area contributed by atoms with Crippen LogP contribution in [0.3, 0.4) is 0 Å². The van der Waals surface area contributed by atoms with Gasteiger partial charge in [0.05, 0.1) is 11.7 Å². The van der Waals surface area contributed by atoms with E-state index in [1.807, 2.05) is 24.3 Å². The van der Waals surface area contributed by atoms with Gasteiger partial charge in [-0.3, -0.25) is 0 Å². The van der Waals surface area contributed by atoms with Crippen molar-refractivity contribution < 1.29 is 39.5 Å². The van der Waals surface area contributed by atoms with E-state index >= 15 is 0 Å². The van der Waals surface area contributed by atoms with Gasteiger partial charge in [0.1, 0.15) is 0 Å². The standard InChI is InChI=1S/C10H9NO2.Na/c12-10(13)9-6-5-7-3-1-2-4-8(7)11-9;/h1-4,6,11H,5H2,(H,12,13);/q;+1/p-1. The smallest absolute Gasteiger partial charge is 0.543 e. The second-order valence-corrected chi connectivity index (χ2v) is 2.89. The van der Waals surface area contributed by atoms with Crippen LogP contribution in [0.15, 0.2) is 36.0 Å². The van der Waals surface area contributed by atoms with Crippen molar-refractivity contribution in [2.75, 3.05) is 5.32 Å². The Bertz CT molecular complexity index is 387. The summed E-state index contributed by atoms with van der Waals surface area (Å²) in [6.07, 6.45) is 2.27. The Morgan fingerprint density at radius 1 is 1.36 bits per heavy atom. The van der Waals surface area contributed by atoms with Gasteiger partial charge in [-0.05, 0) is 18.1 Å². The van der Waals surface area contributed by atoms with E-state index in [4.69, 9.17) is 0 Å². The number of carbonyl (C=O) groups excluding carboxylic acids is 1. The number of benzene rings is 1. The average molecular weight is 197 g/mol. The van der Waals surface area contributed by atoms with Crippen LogP contribution < -0.4 is 40.0 Å². The van der Waals surface area contributed by atoms with E-state index in [0.29, 0.717) is 6.42 Å². The summed E-state index contributed by atoms with van der Waals surface area (Å²) < 4.78 is 0. The summed E-state index contributed by atoms with van der Waals surface area (Å²) in [5.74, 6) is -1.16. The van der Waals surface area contributed by atoms with E-state index in [0.717, 1.165) is 11.3 Å². The predicted molar refractivity (Wildman–Crippen MR) is 46.9 cm³/mol. The summed E-state index contributed by atoms with van der Waals surface area (Å²) in [4.78, 5) is 10.5. The Hall–Kier alpha value is -0.770. The summed E-state index contributed by atoms with van der Waals surface area (Å²) in [5.41, 5.74) is 2.11. The number of para-hydroxylation sites is 1. The molecule has 0 atom stereocenters. The van der Waals surface area contributed by atoms with Gasteiger partial charge in [-0.1, -0.05) is 24.3 Å². The topological polar surface area (TPSA) is 52.2 Å². The number of hydrogen-bond donors (Lipinski definition) is 1. The van der Waals surface area contributed by atoms with Crippen molar-refractivity contribution in [3.63, 3.8) is 0 Å². The van der Waals surface area contributed by atoms with Crippen LogP contribution >= 0.6 is 0 Å². The van der Waals surface area contributed by atoms with E-state index in [2.05, 4.69) is 5.32 Å². The first-order valence-electron chi connectivity index (χ1n) is 4.04. The number of hydrogen-bond acceptors (Lipinski definition) is 3. The second-order valence-electron chi connectivity index (χ2n) is 2.89. The minimum absolute atomic E-state index is 0. The number of fused-ring (bicyclic) bond motifs is 1. The van der Waals surface area contributed by atoms with Crippen LogP contribution in [0.4, 0.5) is 5.69 Å². The molecule has 14 heavy (non-hydrogen) atoms. The van der Waals surface area contributed by atoms with Gasteiger partial charge in [-0.2, -0.15) is 0 Å². The number of nitrogens with one attached hydrogen (secondary N) is 1. The minimum atomic E-state index is -1.16. The minimum Gasteiger partial charge on any atom is -0.543 e. The van der Waals surface area contributed by atoms with Gasteiger partial charge in [-0.25, -0.2) is 0 Å². The molecule has 2 rings (SSSR count). The maximum Gasteiger partial charge on any atom is 1.00 e. The first-order chi connectivity index (χ1) is 6.27. The van der Waals surface area contributed by atoms with Gasteiger partial charge in [0.2, 0.25) is 0 Å². The van der Waals surface area contributed by atoms with Gasteiger partial charge in [0.15, 0.2) is 0 Å². The number of carboxylic acid groups (broad SMARTS) is 1. The fourth-order valence-corrected chi connectivity index (χ4v) is 1.36. The molecule has 4 heteroatoms. The molecule has 1 aromatic carbocycles. The Labute approximate surface area is 104 Å². The monoisotopic (exact) mass is 197 g/mol. The number of allylic oxidation sites excluding steroid dienone is 1. The van der Waals surface area contributed by atoms with Crippen LogP contribution in [0.25, 0.3) is 0 Å². The third-order valence-corrected chi connectivity index (χ3v) is 2.03. The van der Waals surface area contributed by atoms with Crippen LogP contribution in [-0.2, 0) is 11.2 Å².